The first-order chi connectivity index (χ1) is 9.97. The standard InChI is InChI=1S/C17H32N2O2/c1-13(2)18-17(16(20)21-4)10-9-15(11-17)19(3)12-14-7-5-6-8-14/h13-15,18H,5-12H2,1-4H3. The quantitative estimate of drug-likeness (QED) is 0.765. The molecule has 4 heteroatoms. The summed E-state index contributed by atoms with van der Waals surface area (Å²) in [5.41, 5.74) is -0.475. The number of nitrogens with one attached hydrogen (secondary N) is 1. The lowest BCUT2D eigenvalue weighted by Crippen LogP contribution is -2.54. The molecule has 0 amide bonds. The molecule has 2 atom stereocenters. The average Bonchev–Trinajstić information content (AvgIpc) is 3.07. The molecule has 2 fully saturated rings. The summed E-state index contributed by atoms with van der Waals surface area (Å²) in [6.45, 7) is 5.38. The fourth-order valence-corrected chi connectivity index (χ4v) is 4.27. The molecule has 0 spiro atoms. The third-order valence-corrected chi connectivity index (χ3v) is 5.27. The Bertz CT molecular complexity index is 353. The van der Waals surface area contributed by atoms with E-state index in [1.54, 1.807) is 0 Å². The van der Waals surface area contributed by atoms with E-state index in [0.29, 0.717) is 12.1 Å². The average molecular weight is 296 g/mol. The monoisotopic (exact) mass is 296 g/mol. The van der Waals surface area contributed by atoms with Crippen LogP contribution in [0.5, 0.6) is 0 Å². The summed E-state index contributed by atoms with van der Waals surface area (Å²) in [6, 6.07) is 0.791. The highest BCUT2D eigenvalue weighted by Gasteiger charge is 2.47. The maximum absolute atomic E-state index is 12.3. The van der Waals surface area contributed by atoms with Crippen molar-refractivity contribution in [1.82, 2.24) is 10.2 Å². The highest BCUT2D eigenvalue weighted by Crippen LogP contribution is 2.35. The number of hydrogen-bond acceptors (Lipinski definition) is 4. The summed E-state index contributed by atoms with van der Waals surface area (Å²) in [4.78, 5) is 14.8. The molecule has 0 bridgehead atoms. The topological polar surface area (TPSA) is 41.6 Å². The van der Waals surface area contributed by atoms with Crippen molar-refractivity contribution < 1.29 is 9.53 Å². The molecule has 21 heavy (non-hydrogen) atoms. The minimum Gasteiger partial charge on any atom is -0.468 e. The third-order valence-electron chi connectivity index (χ3n) is 5.27. The summed E-state index contributed by atoms with van der Waals surface area (Å²) in [6.07, 6.45) is 8.39. The summed E-state index contributed by atoms with van der Waals surface area (Å²) in [5.74, 6) is 0.772. The molecular weight excluding hydrogens is 264 g/mol. The number of carbonyl (C=O) groups excluding carboxylic acids is 1. The van der Waals surface area contributed by atoms with Crippen LogP contribution >= 0.6 is 0 Å². The van der Waals surface area contributed by atoms with Gasteiger partial charge in [-0.3, -0.25) is 10.1 Å². The van der Waals surface area contributed by atoms with Crippen molar-refractivity contribution in [2.45, 2.75) is 76.4 Å². The van der Waals surface area contributed by atoms with Crippen molar-refractivity contribution in [3.05, 3.63) is 0 Å². The van der Waals surface area contributed by atoms with Crippen LogP contribution in [0.25, 0.3) is 0 Å². The van der Waals surface area contributed by atoms with E-state index >= 15 is 0 Å². The number of nitrogens with zero attached hydrogens (tertiary/aromatic N) is 1. The predicted octanol–water partition coefficient (Wildman–Crippen LogP) is 2.57. The second kappa shape index (κ2) is 7.10. The largest absolute Gasteiger partial charge is 0.468 e. The van der Waals surface area contributed by atoms with Gasteiger partial charge in [-0.15, -0.1) is 0 Å². The van der Waals surface area contributed by atoms with Gasteiger partial charge in [-0.1, -0.05) is 12.8 Å². The lowest BCUT2D eigenvalue weighted by Gasteiger charge is -2.32. The van der Waals surface area contributed by atoms with Crippen LogP contribution in [0.1, 0.15) is 58.8 Å². The van der Waals surface area contributed by atoms with Crippen molar-refractivity contribution in [2.75, 3.05) is 20.7 Å². The number of hydrogen-bond donors (Lipinski definition) is 1. The van der Waals surface area contributed by atoms with Crippen LogP contribution in [-0.4, -0.2) is 49.2 Å². The fourth-order valence-electron chi connectivity index (χ4n) is 4.27. The fraction of sp³-hybridized carbons (Fsp3) is 0.941. The smallest absolute Gasteiger partial charge is 0.326 e. The predicted molar refractivity (Wildman–Crippen MR) is 85.2 cm³/mol. The zero-order chi connectivity index (χ0) is 15.5. The van der Waals surface area contributed by atoms with Crippen molar-refractivity contribution in [3.8, 4) is 0 Å². The van der Waals surface area contributed by atoms with Gasteiger partial charge in [0.05, 0.1) is 7.11 Å². The molecule has 0 saturated heterocycles. The van der Waals surface area contributed by atoms with E-state index in [1.165, 1.54) is 39.3 Å². The maximum atomic E-state index is 12.3. The first-order valence-corrected chi connectivity index (χ1v) is 8.53. The lowest BCUT2D eigenvalue weighted by molar-refractivity contribution is -0.149. The summed E-state index contributed by atoms with van der Waals surface area (Å²) >= 11 is 0. The molecule has 2 aliphatic carbocycles. The van der Waals surface area contributed by atoms with E-state index in [2.05, 4.69) is 31.1 Å². The van der Waals surface area contributed by atoms with Gasteiger partial charge in [0.2, 0.25) is 0 Å². The van der Waals surface area contributed by atoms with E-state index in [4.69, 9.17) is 4.74 Å². The highest BCUT2D eigenvalue weighted by molar-refractivity contribution is 5.81. The number of ether oxygens (including phenoxy) is 1. The number of esters is 1. The first-order valence-electron chi connectivity index (χ1n) is 8.53. The van der Waals surface area contributed by atoms with E-state index in [1.807, 2.05) is 0 Å². The van der Waals surface area contributed by atoms with Gasteiger partial charge in [0.1, 0.15) is 5.54 Å². The molecule has 4 nitrogen and oxygen atoms in total. The third kappa shape index (κ3) is 3.98. The summed E-state index contributed by atoms with van der Waals surface area (Å²) in [7, 11) is 3.73. The SMILES string of the molecule is COC(=O)C1(NC(C)C)CCC(N(C)CC2CCCC2)C1. The second-order valence-electron chi connectivity index (χ2n) is 7.36. The van der Waals surface area contributed by atoms with Crippen LogP contribution in [0, 0.1) is 5.92 Å². The molecule has 0 aromatic heterocycles. The Morgan fingerprint density at radius 3 is 2.57 bits per heavy atom. The molecule has 1 N–H and O–H groups in total. The Morgan fingerprint density at radius 2 is 2.00 bits per heavy atom. The molecular formula is C17H32N2O2. The van der Waals surface area contributed by atoms with Crippen molar-refractivity contribution in [1.29, 1.82) is 0 Å². The van der Waals surface area contributed by atoms with Crippen molar-refractivity contribution in [2.24, 2.45) is 5.92 Å². The molecule has 0 aromatic rings. The highest BCUT2D eigenvalue weighted by atomic mass is 16.5. The van der Waals surface area contributed by atoms with Gasteiger partial charge in [-0.25, -0.2) is 0 Å². The number of methoxy groups -OCH3 is 1. The normalized spacial score (nSPS) is 30.5. The van der Waals surface area contributed by atoms with Gasteiger partial charge in [0.15, 0.2) is 0 Å². The van der Waals surface area contributed by atoms with Gasteiger partial charge >= 0.3 is 5.97 Å². The van der Waals surface area contributed by atoms with Crippen molar-refractivity contribution >= 4 is 5.97 Å². The van der Waals surface area contributed by atoms with Gasteiger partial charge in [0, 0.05) is 18.6 Å². The first kappa shape index (κ1) is 16.8. The lowest BCUT2D eigenvalue weighted by atomic mass is 9.96. The second-order valence-corrected chi connectivity index (χ2v) is 7.36. The van der Waals surface area contributed by atoms with Gasteiger partial charge in [-0.05, 0) is 58.9 Å². The van der Waals surface area contributed by atoms with E-state index in [9.17, 15) is 4.79 Å². The minimum atomic E-state index is -0.475. The Balaban J connectivity index is 1.96. The van der Waals surface area contributed by atoms with Crippen LogP contribution in [0.4, 0.5) is 0 Å². The van der Waals surface area contributed by atoms with Gasteiger partial charge in [-0.2, -0.15) is 0 Å². The number of rotatable bonds is 6. The van der Waals surface area contributed by atoms with Crippen LogP contribution < -0.4 is 5.32 Å². The molecule has 122 valence electrons. The molecule has 0 aromatic carbocycles. The van der Waals surface area contributed by atoms with Crippen molar-refractivity contribution in [3.63, 3.8) is 0 Å². The van der Waals surface area contributed by atoms with E-state index in [0.717, 1.165) is 25.2 Å². The molecule has 2 saturated carbocycles. The van der Waals surface area contributed by atoms with E-state index < -0.39 is 5.54 Å². The maximum Gasteiger partial charge on any atom is 0.326 e. The van der Waals surface area contributed by atoms with Crippen LogP contribution in [0.2, 0.25) is 0 Å². The zero-order valence-electron chi connectivity index (χ0n) is 14.2. The molecule has 2 unspecified atom stereocenters. The Kier molecular flexibility index (Phi) is 5.67. The number of carbonyl (C=O) groups is 1. The Labute approximate surface area is 129 Å². The van der Waals surface area contributed by atoms with Crippen LogP contribution in [0.15, 0.2) is 0 Å². The Morgan fingerprint density at radius 1 is 1.33 bits per heavy atom. The molecule has 2 aliphatic rings. The molecule has 2 rings (SSSR count). The Hall–Kier alpha value is -0.610. The molecule has 0 radical (unpaired) electrons. The summed E-state index contributed by atoms with van der Waals surface area (Å²) in [5, 5.41) is 3.48. The zero-order valence-corrected chi connectivity index (χ0v) is 14.2. The minimum absolute atomic E-state index is 0.0898. The molecule has 0 heterocycles. The molecule has 0 aliphatic heterocycles. The van der Waals surface area contributed by atoms with Crippen LogP contribution in [-0.2, 0) is 9.53 Å². The van der Waals surface area contributed by atoms with Gasteiger partial charge in [0.25, 0.3) is 0 Å². The van der Waals surface area contributed by atoms with E-state index in [-0.39, 0.29) is 5.97 Å². The van der Waals surface area contributed by atoms with Gasteiger partial charge < -0.3 is 9.64 Å². The summed E-state index contributed by atoms with van der Waals surface area (Å²) < 4.78 is 5.08. The van der Waals surface area contributed by atoms with Crippen LogP contribution in [0.3, 0.4) is 0 Å².